The normalized spacial score (nSPS) is 12.6. The van der Waals surface area contributed by atoms with Gasteiger partial charge in [-0.3, -0.25) is 4.79 Å². The third kappa shape index (κ3) is 5.05. The Morgan fingerprint density at radius 1 is 1.25 bits per heavy atom. The van der Waals surface area contributed by atoms with Gasteiger partial charge in [-0.2, -0.15) is 0 Å². The maximum absolute atomic E-state index is 11.3. The van der Waals surface area contributed by atoms with Crippen molar-refractivity contribution in [3.63, 3.8) is 0 Å². The van der Waals surface area contributed by atoms with Gasteiger partial charge in [0, 0.05) is 18.8 Å². The van der Waals surface area contributed by atoms with Crippen LogP contribution in [-0.4, -0.2) is 11.6 Å². The van der Waals surface area contributed by atoms with Crippen molar-refractivity contribution in [1.82, 2.24) is 0 Å². The molecule has 0 heterocycles. The second kappa shape index (κ2) is 5.92. The van der Waals surface area contributed by atoms with Crippen LogP contribution in [0.15, 0.2) is 0 Å². The summed E-state index contributed by atoms with van der Waals surface area (Å²) in [6.07, 6.45) is 2.81. The third-order valence-electron chi connectivity index (χ3n) is 1.99. The molecule has 0 aliphatic heterocycles. The molecule has 70 valence electrons. The molecule has 0 aromatic heterocycles. The first kappa shape index (κ1) is 11.3. The van der Waals surface area contributed by atoms with Crippen molar-refractivity contribution in [3.8, 4) is 0 Å². The molecule has 0 spiro atoms. The highest BCUT2D eigenvalue weighted by Crippen LogP contribution is 2.09. The summed E-state index contributed by atoms with van der Waals surface area (Å²) < 4.78 is 0. The lowest BCUT2D eigenvalue weighted by atomic mass is 9.97. The van der Waals surface area contributed by atoms with Crippen LogP contribution in [-0.2, 0) is 9.59 Å². The molecule has 0 fully saturated rings. The monoisotopic (exact) mass is 170 g/mol. The molecule has 0 aliphatic carbocycles. The second-order valence-electron chi connectivity index (χ2n) is 3.36. The van der Waals surface area contributed by atoms with Gasteiger partial charge in [0.05, 0.1) is 0 Å². The number of hydrogen-bond acceptors (Lipinski definition) is 2. The van der Waals surface area contributed by atoms with E-state index in [9.17, 15) is 9.59 Å². The van der Waals surface area contributed by atoms with Crippen molar-refractivity contribution in [1.29, 1.82) is 0 Å². The van der Waals surface area contributed by atoms with E-state index in [0.717, 1.165) is 12.8 Å². The maximum Gasteiger partial charge on any atom is 0.136 e. The maximum atomic E-state index is 11.3. The second-order valence-corrected chi connectivity index (χ2v) is 3.36. The van der Waals surface area contributed by atoms with Crippen molar-refractivity contribution in [3.05, 3.63) is 0 Å². The van der Waals surface area contributed by atoms with Crippen LogP contribution in [0.25, 0.3) is 0 Å². The van der Waals surface area contributed by atoms with Crippen LogP contribution in [0.3, 0.4) is 0 Å². The molecular weight excluding hydrogens is 152 g/mol. The first-order chi connectivity index (χ1) is 5.57. The molecule has 2 nitrogen and oxygen atoms in total. The zero-order valence-corrected chi connectivity index (χ0v) is 8.22. The molecule has 0 amide bonds. The Balaban J connectivity index is 3.64. The third-order valence-corrected chi connectivity index (χ3v) is 1.99. The van der Waals surface area contributed by atoms with Gasteiger partial charge >= 0.3 is 0 Å². The van der Waals surface area contributed by atoms with Crippen LogP contribution in [0.4, 0.5) is 0 Å². The van der Waals surface area contributed by atoms with Gasteiger partial charge in [-0.15, -0.1) is 0 Å². The summed E-state index contributed by atoms with van der Waals surface area (Å²) in [4.78, 5) is 21.9. The predicted molar refractivity (Wildman–Crippen MR) is 49.0 cm³/mol. The number of hydrogen-bond donors (Lipinski definition) is 0. The van der Waals surface area contributed by atoms with Crippen LogP contribution >= 0.6 is 0 Å². The molecular formula is C10H18O2. The van der Waals surface area contributed by atoms with Gasteiger partial charge < -0.3 is 4.79 Å². The van der Waals surface area contributed by atoms with Crippen molar-refractivity contribution < 1.29 is 9.59 Å². The Morgan fingerprint density at radius 2 is 1.83 bits per heavy atom. The topological polar surface area (TPSA) is 34.1 Å². The largest absolute Gasteiger partial charge is 0.300 e. The first-order valence-corrected chi connectivity index (χ1v) is 4.60. The minimum atomic E-state index is 0.104. The van der Waals surface area contributed by atoms with Crippen LogP contribution < -0.4 is 0 Å². The summed E-state index contributed by atoms with van der Waals surface area (Å²) >= 11 is 0. The Morgan fingerprint density at radius 3 is 2.25 bits per heavy atom. The Bertz CT molecular complexity index is 161. The van der Waals surface area contributed by atoms with Gasteiger partial charge in [0.15, 0.2) is 0 Å². The molecule has 0 N–H and O–H groups in total. The lowest BCUT2D eigenvalue weighted by Crippen LogP contribution is -2.11. The van der Waals surface area contributed by atoms with Gasteiger partial charge in [0.25, 0.3) is 0 Å². The van der Waals surface area contributed by atoms with Crippen molar-refractivity contribution in [2.75, 3.05) is 0 Å². The molecule has 12 heavy (non-hydrogen) atoms. The molecule has 0 saturated heterocycles. The van der Waals surface area contributed by atoms with Crippen LogP contribution in [0, 0.1) is 5.92 Å². The zero-order chi connectivity index (χ0) is 9.56. The molecule has 1 atom stereocenters. The van der Waals surface area contributed by atoms with Crippen LogP contribution in [0.5, 0.6) is 0 Å². The van der Waals surface area contributed by atoms with Gasteiger partial charge in [0.2, 0.25) is 0 Å². The van der Waals surface area contributed by atoms with E-state index in [1.165, 1.54) is 6.92 Å². The van der Waals surface area contributed by atoms with E-state index in [2.05, 4.69) is 6.92 Å². The number of ketones is 2. The highest BCUT2D eigenvalue weighted by atomic mass is 16.1. The molecule has 0 saturated carbocycles. The fourth-order valence-corrected chi connectivity index (χ4v) is 1.14. The van der Waals surface area contributed by atoms with E-state index < -0.39 is 0 Å². The molecule has 1 unspecified atom stereocenters. The van der Waals surface area contributed by atoms with E-state index in [1.807, 2.05) is 6.92 Å². The smallest absolute Gasteiger partial charge is 0.136 e. The van der Waals surface area contributed by atoms with Gasteiger partial charge in [0.1, 0.15) is 11.6 Å². The molecule has 0 bridgehead atoms. The summed E-state index contributed by atoms with van der Waals surface area (Å²) in [5, 5.41) is 0. The van der Waals surface area contributed by atoms with Gasteiger partial charge in [-0.1, -0.05) is 20.3 Å². The Labute approximate surface area is 74.3 Å². The molecule has 0 aromatic rings. The number of carbonyl (C=O) groups excluding carboxylic acids is 2. The van der Waals surface area contributed by atoms with E-state index in [1.54, 1.807) is 0 Å². The summed E-state index contributed by atoms with van der Waals surface area (Å²) in [7, 11) is 0. The highest BCUT2D eigenvalue weighted by Gasteiger charge is 2.11. The average Bonchev–Trinajstić information content (AvgIpc) is 2.00. The minimum Gasteiger partial charge on any atom is -0.300 e. The summed E-state index contributed by atoms with van der Waals surface area (Å²) in [5.74, 6) is 0.466. The summed E-state index contributed by atoms with van der Waals surface area (Å²) in [5.41, 5.74) is 0. The molecule has 0 rings (SSSR count). The van der Waals surface area contributed by atoms with Crippen LogP contribution in [0.1, 0.15) is 46.5 Å². The summed E-state index contributed by atoms with van der Waals surface area (Å²) in [6, 6.07) is 0. The summed E-state index contributed by atoms with van der Waals surface area (Å²) in [6.45, 7) is 5.53. The highest BCUT2D eigenvalue weighted by molar-refractivity contribution is 5.85. The molecule has 2 heteroatoms. The van der Waals surface area contributed by atoms with E-state index >= 15 is 0 Å². The fraction of sp³-hybridized carbons (Fsp3) is 0.800. The first-order valence-electron chi connectivity index (χ1n) is 4.60. The van der Waals surface area contributed by atoms with E-state index in [0.29, 0.717) is 12.8 Å². The van der Waals surface area contributed by atoms with E-state index in [-0.39, 0.29) is 17.5 Å². The lowest BCUT2D eigenvalue weighted by molar-refractivity contribution is -0.125. The van der Waals surface area contributed by atoms with Gasteiger partial charge in [-0.05, 0) is 13.3 Å². The van der Waals surface area contributed by atoms with E-state index in [4.69, 9.17) is 0 Å². The Hall–Kier alpha value is -0.660. The minimum absolute atomic E-state index is 0.104. The standard InChI is InChI=1S/C10H18O2/c1-4-5-8(2)10(12)7-6-9(3)11/h8H,4-7H2,1-3H3. The number of rotatable bonds is 6. The number of Topliss-reactive ketones (excluding diaryl/α,β-unsaturated/α-hetero) is 2. The zero-order valence-electron chi connectivity index (χ0n) is 8.22. The van der Waals surface area contributed by atoms with Crippen molar-refractivity contribution >= 4 is 11.6 Å². The molecule has 0 aromatic carbocycles. The quantitative estimate of drug-likeness (QED) is 0.613. The number of carbonyl (C=O) groups is 2. The SMILES string of the molecule is CCCC(C)C(=O)CCC(C)=O. The van der Waals surface area contributed by atoms with Crippen molar-refractivity contribution in [2.24, 2.45) is 5.92 Å². The predicted octanol–water partition coefficient (Wildman–Crippen LogP) is 2.36. The molecule has 0 radical (unpaired) electrons. The lowest BCUT2D eigenvalue weighted by Gasteiger charge is -2.06. The fourth-order valence-electron chi connectivity index (χ4n) is 1.14. The Kier molecular flexibility index (Phi) is 5.60. The van der Waals surface area contributed by atoms with Crippen molar-refractivity contribution in [2.45, 2.75) is 46.5 Å². The average molecular weight is 170 g/mol. The van der Waals surface area contributed by atoms with Gasteiger partial charge in [-0.25, -0.2) is 0 Å². The van der Waals surface area contributed by atoms with Crippen LogP contribution in [0.2, 0.25) is 0 Å². The molecule has 0 aliphatic rings.